The second-order valence-corrected chi connectivity index (χ2v) is 7.98. The summed E-state index contributed by atoms with van der Waals surface area (Å²) in [6, 6.07) is -0.216. The van der Waals surface area contributed by atoms with Gasteiger partial charge in [0.1, 0.15) is 6.04 Å². The summed E-state index contributed by atoms with van der Waals surface area (Å²) in [4.78, 5) is 26.9. The van der Waals surface area contributed by atoms with Crippen molar-refractivity contribution in [1.29, 1.82) is 0 Å². The van der Waals surface area contributed by atoms with Crippen molar-refractivity contribution in [2.45, 2.75) is 66.5 Å². The van der Waals surface area contributed by atoms with Crippen LogP contribution < -0.4 is 10.6 Å². The SMILES string of the molecule is CCC(CC)C(CNC(=O)C(C)NC(=O)C(C)(C)C)N1CCOCC1. The van der Waals surface area contributed by atoms with E-state index in [9.17, 15) is 9.59 Å². The van der Waals surface area contributed by atoms with E-state index in [0.29, 0.717) is 18.5 Å². The van der Waals surface area contributed by atoms with Crippen LogP contribution in [0.2, 0.25) is 0 Å². The van der Waals surface area contributed by atoms with Gasteiger partial charge in [0.2, 0.25) is 11.8 Å². The summed E-state index contributed by atoms with van der Waals surface area (Å²) in [6.07, 6.45) is 2.18. The summed E-state index contributed by atoms with van der Waals surface area (Å²) in [7, 11) is 0. The molecule has 1 rings (SSSR count). The highest BCUT2D eigenvalue weighted by molar-refractivity contribution is 5.89. The molecule has 0 aliphatic carbocycles. The molecule has 0 aromatic heterocycles. The van der Waals surface area contributed by atoms with Crippen LogP contribution >= 0.6 is 0 Å². The highest BCUT2D eigenvalue weighted by Gasteiger charge is 2.29. The third-order valence-electron chi connectivity index (χ3n) is 5.02. The van der Waals surface area contributed by atoms with Crippen molar-refractivity contribution in [3.8, 4) is 0 Å². The molecule has 0 bridgehead atoms. The number of nitrogens with one attached hydrogen (secondary N) is 2. The molecular formula is C19H37N3O3. The molecule has 25 heavy (non-hydrogen) atoms. The van der Waals surface area contributed by atoms with E-state index < -0.39 is 11.5 Å². The van der Waals surface area contributed by atoms with E-state index in [4.69, 9.17) is 4.74 Å². The van der Waals surface area contributed by atoms with Crippen molar-refractivity contribution >= 4 is 11.8 Å². The van der Waals surface area contributed by atoms with E-state index in [1.54, 1.807) is 6.92 Å². The number of carbonyl (C=O) groups is 2. The van der Waals surface area contributed by atoms with Crippen LogP contribution in [0.15, 0.2) is 0 Å². The molecular weight excluding hydrogens is 318 g/mol. The summed E-state index contributed by atoms with van der Waals surface area (Å²) in [5, 5.41) is 5.85. The van der Waals surface area contributed by atoms with Crippen molar-refractivity contribution in [3.63, 3.8) is 0 Å². The lowest BCUT2D eigenvalue weighted by Crippen LogP contribution is -2.54. The third-order valence-corrected chi connectivity index (χ3v) is 5.02. The fraction of sp³-hybridized carbons (Fsp3) is 0.895. The van der Waals surface area contributed by atoms with Crippen molar-refractivity contribution in [2.75, 3.05) is 32.8 Å². The minimum absolute atomic E-state index is 0.111. The van der Waals surface area contributed by atoms with Crippen LogP contribution in [0.4, 0.5) is 0 Å². The molecule has 1 aliphatic heterocycles. The number of carbonyl (C=O) groups excluding carboxylic acids is 2. The Labute approximate surface area is 153 Å². The molecule has 0 aromatic rings. The van der Waals surface area contributed by atoms with E-state index >= 15 is 0 Å². The van der Waals surface area contributed by atoms with Crippen molar-refractivity contribution in [3.05, 3.63) is 0 Å². The summed E-state index contributed by atoms with van der Waals surface area (Å²) in [6.45, 7) is 15.6. The summed E-state index contributed by atoms with van der Waals surface area (Å²) in [5.74, 6) is 0.305. The zero-order valence-electron chi connectivity index (χ0n) is 16.9. The first kappa shape index (κ1) is 21.9. The maximum atomic E-state index is 12.4. The predicted octanol–water partition coefficient (Wildman–Crippen LogP) is 1.79. The molecule has 0 spiro atoms. The van der Waals surface area contributed by atoms with Crippen molar-refractivity contribution in [1.82, 2.24) is 15.5 Å². The van der Waals surface area contributed by atoms with E-state index in [0.717, 1.165) is 39.1 Å². The molecule has 1 aliphatic rings. The molecule has 0 aromatic carbocycles. The highest BCUT2D eigenvalue weighted by Crippen LogP contribution is 2.19. The average Bonchev–Trinajstić information content (AvgIpc) is 2.58. The van der Waals surface area contributed by atoms with Crippen LogP contribution in [-0.4, -0.2) is 61.6 Å². The number of hydrogen-bond acceptors (Lipinski definition) is 4. The second kappa shape index (κ2) is 10.1. The fourth-order valence-electron chi connectivity index (χ4n) is 3.17. The predicted molar refractivity (Wildman–Crippen MR) is 100 cm³/mol. The molecule has 2 N–H and O–H groups in total. The van der Waals surface area contributed by atoms with Gasteiger partial charge in [-0.2, -0.15) is 0 Å². The Morgan fingerprint density at radius 2 is 1.68 bits per heavy atom. The lowest BCUT2D eigenvalue weighted by atomic mass is 9.92. The first-order valence-electron chi connectivity index (χ1n) is 9.61. The van der Waals surface area contributed by atoms with Gasteiger partial charge in [-0.1, -0.05) is 47.5 Å². The van der Waals surface area contributed by atoms with E-state index in [-0.39, 0.29) is 11.8 Å². The normalized spacial score (nSPS) is 18.7. The van der Waals surface area contributed by atoms with E-state index in [1.807, 2.05) is 20.8 Å². The van der Waals surface area contributed by atoms with Crippen LogP contribution in [0, 0.1) is 11.3 Å². The number of rotatable bonds is 8. The maximum absolute atomic E-state index is 12.4. The topological polar surface area (TPSA) is 70.7 Å². The Morgan fingerprint density at radius 1 is 1.12 bits per heavy atom. The lowest BCUT2D eigenvalue weighted by Gasteiger charge is -2.39. The first-order chi connectivity index (χ1) is 11.7. The van der Waals surface area contributed by atoms with Crippen molar-refractivity contribution < 1.29 is 14.3 Å². The molecule has 2 unspecified atom stereocenters. The quantitative estimate of drug-likeness (QED) is 0.696. The Bertz CT molecular complexity index is 424. The van der Waals surface area contributed by atoms with Crippen LogP contribution in [-0.2, 0) is 14.3 Å². The fourth-order valence-corrected chi connectivity index (χ4v) is 3.17. The molecule has 1 heterocycles. The number of ether oxygens (including phenoxy) is 1. The van der Waals surface area contributed by atoms with Gasteiger partial charge in [0.15, 0.2) is 0 Å². The van der Waals surface area contributed by atoms with Gasteiger partial charge in [-0.25, -0.2) is 0 Å². The summed E-state index contributed by atoms with van der Waals surface area (Å²) >= 11 is 0. The highest BCUT2D eigenvalue weighted by atomic mass is 16.5. The van der Waals surface area contributed by atoms with Crippen LogP contribution in [0.1, 0.15) is 54.4 Å². The second-order valence-electron chi connectivity index (χ2n) is 7.98. The molecule has 2 atom stereocenters. The molecule has 6 heteroatoms. The molecule has 1 saturated heterocycles. The Morgan fingerprint density at radius 3 is 2.16 bits per heavy atom. The molecule has 1 fully saturated rings. The van der Waals surface area contributed by atoms with Gasteiger partial charge in [-0.3, -0.25) is 14.5 Å². The minimum Gasteiger partial charge on any atom is -0.379 e. The third kappa shape index (κ3) is 6.94. The van der Waals surface area contributed by atoms with Crippen LogP contribution in [0.25, 0.3) is 0 Å². The monoisotopic (exact) mass is 355 g/mol. The van der Waals surface area contributed by atoms with E-state index in [1.165, 1.54) is 0 Å². The Balaban J connectivity index is 2.62. The number of nitrogens with zero attached hydrogens (tertiary/aromatic N) is 1. The minimum atomic E-state index is -0.529. The van der Waals surface area contributed by atoms with Gasteiger partial charge >= 0.3 is 0 Å². The van der Waals surface area contributed by atoms with Crippen LogP contribution in [0.5, 0.6) is 0 Å². The standard InChI is InChI=1S/C19H37N3O3/c1-7-15(8-2)16(22-9-11-25-12-10-22)13-20-17(23)14(3)21-18(24)19(4,5)6/h14-16H,7-13H2,1-6H3,(H,20,23)(H,21,24). The van der Waals surface area contributed by atoms with Gasteiger partial charge in [0.05, 0.1) is 13.2 Å². The summed E-state index contributed by atoms with van der Waals surface area (Å²) in [5.41, 5.74) is -0.500. The van der Waals surface area contributed by atoms with Gasteiger partial charge in [-0.15, -0.1) is 0 Å². The molecule has 2 amide bonds. The van der Waals surface area contributed by atoms with Crippen LogP contribution in [0.3, 0.4) is 0 Å². The first-order valence-corrected chi connectivity index (χ1v) is 9.61. The molecule has 0 saturated carbocycles. The van der Waals surface area contributed by atoms with Gasteiger partial charge in [-0.05, 0) is 12.8 Å². The van der Waals surface area contributed by atoms with Gasteiger partial charge < -0.3 is 15.4 Å². The number of amides is 2. The van der Waals surface area contributed by atoms with Gasteiger partial charge in [0.25, 0.3) is 0 Å². The number of morpholine rings is 1. The zero-order valence-corrected chi connectivity index (χ0v) is 16.9. The van der Waals surface area contributed by atoms with E-state index in [2.05, 4.69) is 29.4 Å². The summed E-state index contributed by atoms with van der Waals surface area (Å²) < 4.78 is 5.46. The molecule has 146 valence electrons. The Kier molecular flexibility index (Phi) is 8.86. The Hall–Kier alpha value is -1.14. The lowest BCUT2D eigenvalue weighted by molar-refractivity contribution is -0.133. The molecule has 6 nitrogen and oxygen atoms in total. The maximum Gasteiger partial charge on any atom is 0.242 e. The smallest absolute Gasteiger partial charge is 0.242 e. The van der Waals surface area contributed by atoms with Gasteiger partial charge in [0, 0.05) is 31.1 Å². The number of hydrogen-bond donors (Lipinski definition) is 2. The van der Waals surface area contributed by atoms with Crippen molar-refractivity contribution in [2.24, 2.45) is 11.3 Å². The largest absolute Gasteiger partial charge is 0.379 e. The average molecular weight is 356 g/mol. The zero-order chi connectivity index (χ0) is 19.0. The molecule has 0 radical (unpaired) electrons.